The van der Waals surface area contributed by atoms with E-state index in [9.17, 15) is 4.79 Å². The number of nitrogens with one attached hydrogen (secondary N) is 1. The number of nitrogens with zero attached hydrogens (tertiary/aromatic N) is 3. The van der Waals surface area contributed by atoms with Gasteiger partial charge in [0, 0.05) is 16.6 Å². The number of amides is 1. The highest BCUT2D eigenvalue weighted by Crippen LogP contribution is 2.24. The first-order valence-corrected chi connectivity index (χ1v) is 7.58. The number of halogens is 3. The molecule has 2 rings (SSSR count). The van der Waals surface area contributed by atoms with Crippen LogP contribution in [0, 0.1) is 0 Å². The van der Waals surface area contributed by atoms with Crippen LogP contribution < -0.4 is 5.32 Å². The molecule has 5 nitrogen and oxygen atoms in total. The van der Waals surface area contributed by atoms with Crippen molar-refractivity contribution in [2.45, 2.75) is 19.8 Å². The summed E-state index contributed by atoms with van der Waals surface area (Å²) in [6.45, 7) is 3.86. The van der Waals surface area contributed by atoms with E-state index in [-0.39, 0.29) is 21.8 Å². The summed E-state index contributed by atoms with van der Waals surface area (Å²) < 4.78 is 0.693. The number of carbonyl (C=O) groups is 1. The van der Waals surface area contributed by atoms with E-state index < -0.39 is 5.91 Å². The minimum atomic E-state index is -0.467. The average Bonchev–Trinajstić information content (AvgIpc) is 2.43. The van der Waals surface area contributed by atoms with E-state index >= 15 is 0 Å². The van der Waals surface area contributed by atoms with Gasteiger partial charge in [-0.25, -0.2) is 15.0 Å². The Labute approximate surface area is 140 Å². The molecule has 0 aliphatic carbocycles. The standard InChI is InChI=1S/C13H11BrCl2N4O/c1-6(2)12-18-5-8(15)10(20-12)13(21)19-9-3-7(14)4-17-11(9)16/h3-6H,1-2H3,(H,19,21). The summed E-state index contributed by atoms with van der Waals surface area (Å²) in [6.07, 6.45) is 2.95. The second-order valence-electron chi connectivity index (χ2n) is 4.53. The number of rotatable bonds is 3. The highest BCUT2D eigenvalue weighted by molar-refractivity contribution is 9.10. The SMILES string of the molecule is CC(C)c1ncc(Cl)c(C(=O)Nc2cc(Br)cnc2Cl)n1. The van der Waals surface area contributed by atoms with Gasteiger partial charge in [-0.1, -0.05) is 37.0 Å². The van der Waals surface area contributed by atoms with Gasteiger partial charge in [0.05, 0.1) is 16.9 Å². The summed E-state index contributed by atoms with van der Waals surface area (Å²) in [5.41, 5.74) is 0.475. The molecule has 8 heteroatoms. The van der Waals surface area contributed by atoms with Gasteiger partial charge >= 0.3 is 0 Å². The van der Waals surface area contributed by atoms with Crippen LogP contribution in [0.15, 0.2) is 22.9 Å². The van der Waals surface area contributed by atoms with Crippen molar-refractivity contribution >= 4 is 50.7 Å². The van der Waals surface area contributed by atoms with Gasteiger partial charge in [0.15, 0.2) is 10.8 Å². The summed E-state index contributed by atoms with van der Waals surface area (Å²) in [5.74, 6) is 0.166. The molecule has 0 fully saturated rings. The van der Waals surface area contributed by atoms with Gasteiger partial charge in [0.25, 0.3) is 5.91 Å². The highest BCUT2D eigenvalue weighted by Gasteiger charge is 2.17. The maximum absolute atomic E-state index is 12.3. The van der Waals surface area contributed by atoms with Crippen LogP contribution in [0.3, 0.4) is 0 Å². The van der Waals surface area contributed by atoms with Gasteiger partial charge in [0.1, 0.15) is 5.82 Å². The summed E-state index contributed by atoms with van der Waals surface area (Å²) in [5, 5.41) is 2.99. The van der Waals surface area contributed by atoms with Gasteiger partial charge in [-0.3, -0.25) is 4.79 Å². The second-order valence-corrected chi connectivity index (χ2v) is 6.21. The molecule has 2 aromatic heterocycles. The zero-order chi connectivity index (χ0) is 15.6. The molecular weight excluding hydrogens is 379 g/mol. The molecule has 0 radical (unpaired) electrons. The quantitative estimate of drug-likeness (QED) is 0.793. The van der Waals surface area contributed by atoms with E-state index in [0.29, 0.717) is 16.0 Å². The molecule has 2 aromatic rings. The lowest BCUT2D eigenvalue weighted by Gasteiger charge is -2.10. The van der Waals surface area contributed by atoms with Crippen molar-refractivity contribution in [3.8, 4) is 0 Å². The van der Waals surface area contributed by atoms with Crippen molar-refractivity contribution in [3.05, 3.63) is 44.6 Å². The predicted molar refractivity (Wildman–Crippen MR) is 86.0 cm³/mol. The maximum Gasteiger partial charge on any atom is 0.276 e. The van der Waals surface area contributed by atoms with Gasteiger partial charge in [-0.2, -0.15) is 0 Å². The minimum Gasteiger partial charge on any atom is -0.318 e. The third-order valence-electron chi connectivity index (χ3n) is 2.55. The summed E-state index contributed by atoms with van der Waals surface area (Å²) in [7, 11) is 0. The molecule has 110 valence electrons. The fourth-order valence-corrected chi connectivity index (χ4v) is 2.17. The van der Waals surface area contributed by atoms with E-state index in [4.69, 9.17) is 23.2 Å². The summed E-state index contributed by atoms with van der Waals surface area (Å²) in [6, 6.07) is 1.64. The van der Waals surface area contributed by atoms with Gasteiger partial charge < -0.3 is 5.32 Å². The largest absolute Gasteiger partial charge is 0.318 e. The van der Waals surface area contributed by atoms with Crippen LogP contribution in [0.2, 0.25) is 10.2 Å². The fraction of sp³-hybridized carbons (Fsp3) is 0.231. The lowest BCUT2D eigenvalue weighted by atomic mass is 10.2. The second kappa shape index (κ2) is 6.68. The van der Waals surface area contributed by atoms with Crippen LogP contribution in [0.4, 0.5) is 5.69 Å². The molecule has 0 aliphatic heterocycles. The molecule has 0 saturated carbocycles. The third-order valence-corrected chi connectivity index (χ3v) is 3.56. The predicted octanol–water partition coefficient (Wildman–Crippen LogP) is 4.32. The number of carbonyl (C=O) groups excluding carboxylic acids is 1. The van der Waals surface area contributed by atoms with Crippen molar-refractivity contribution in [1.29, 1.82) is 0 Å². The van der Waals surface area contributed by atoms with Gasteiger partial charge in [-0.15, -0.1) is 0 Å². The molecule has 0 spiro atoms. The molecule has 0 aromatic carbocycles. The van der Waals surface area contributed by atoms with E-state index in [1.165, 1.54) is 12.4 Å². The fourth-order valence-electron chi connectivity index (χ4n) is 1.51. The number of anilines is 1. The topological polar surface area (TPSA) is 67.8 Å². The third kappa shape index (κ3) is 3.90. The number of pyridine rings is 1. The molecule has 1 N–H and O–H groups in total. The molecule has 0 aliphatic rings. The van der Waals surface area contributed by atoms with E-state index in [1.54, 1.807) is 6.07 Å². The van der Waals surface area contributed by atoms with E-state index in [2.05, 4.69) is 36.2 Å². The Bertz CT molecular complexity index is 694. The smallest absolute Gasteiger partial charge is 0.276 e. The Balaban J connectivity index is 2.32. The maximum atomic E-state index is 12.3. The molecule has 1 amide bonds. The van der Waals surface area contributed by atoms with Crippen LogP contribution in [-0.2, 0) is 0 Å². The first-order chi connectivity index (χ1) is 9.88. The normalized spacial score (nSPS) is 10.8. The molecule has 2 heterocycles. The first kappa shape index (κ1) is 16.1. The molecule has 0 unspecified atom stereocenters. The van der Waals surface area contributed by atoms with Crippen molar-refractivity contribution in [2.24, 2.45) is 0 Å². The van der Waals surface area contributed by atoms with Gasteiger partial charge in [-0.05, 0) is 22.0 Å². The Morgan fingerprint density at radius 1 is 1.29 bits per heavy atom. The van der Waals surface area contributed by atoms with Crippen molar-refractivity contribution in [3.63, 3.8) is 0 Å². The lowest BCUT2D eigenvalue weighted by molar-refractivity contribution is 0.102. The molecule has 0 bridgehead atoms. The van der Waals surface area contributed by atoms with E-state index in [0.717, 1.165) is 0 Å². The van der Waals surface area contributed by atoms with Crippen LogP contribution in [-0.4, -0.2) is 20.9 Å². The van der Waals surface area contributed by atoms with Crippen LogP contribution in [0.5, 0.6) is 0 Å². The molecular formula is C13H11BrCl2N4O. The molecule has 21 heavy (non-hydrogen) atoms. The lowest BCUT2D eigenvalue weighted by Crippen LogP contribution is -2.16. The number of hydrogen-bond donors (Lipinski definition) is 1. The van der Waals surface area contributed by atoms with Crippen LogP contribution >= 0.6 is 39.1 Å². The van der Waals surface area contributed by atoms with Crippen molar-refractivity contribution in [1.82, 2.24) is 15.0 Å². The van der Waals surface area contributed by atoms with Crippen molar-refractivity contribution in [2.75, 3.05) is 5.32 Å². The monoisotopic (exact) mass is 388 g/mol. The summed E-state index contributed by atoms with van der Waals surface area (Å²) >= 11 is 15.2. The molecule has 0 atom stereocenters. The Hall–Kier alpha value is -1.24. The average molecular weight is 390 g/mol. The first-order valence-electron chi connectivity index (χ1n) is 6.03. The van der Waals surface area contributed by atoms with Gasteiger partial charge in [0.2, 0.25) is 0 Å². The Morgan fingerprint density at radius 2 is 2.00 bits per heavy atom. The summed E-state index contributed by atoms with van der Waals surface area (Å²) in [4.78, 5) is 24.5. The van der Waals surface area contributed by atoms with E-state index in [1.807, 2.05) is 13.8 Å². The van der Waals surface area contributed by atoms with Crippen molar-refractivity contribution < 1.29 is 4.79 Å². The number of aromatic nitrogens is 3. The van der Waals surface area contributed by atoms with Crippen LogP contribution in [0.25, 0.3) is 0 Å². The Morgan fingerprint density at radius 3 is 2.67 bits per heavy atom. The zero-order valence-electron chi connectivity index (χ0n) is 11.2. The number of hydrogen-bond acceptors (Lipinski definition) is 4. The Kier molecular flexibility index (Phi) is 5.13. The van der Waals surface area contributed by atoms with Crippen LogP contribution in [0.1, 0.15) is 36.1 Å². The molecule has 0 saturated heterocycles. The minimum absolute atomic E-state index is 0.0879. The highest BCUT2D eigenvalue weighted by atomic mass is 79.9. The zero-order valence-corrected chi connectivity index (χ0v) is 14.3.